The van der Waals surface area contributed by atoms with Gasteiger partial charge in [0.05, 0.1) is 0 Å². The highest BCUT2D eigenvalue weighted by atomic mass is 19.1. The maximum atomic E-state index is 13.8. The molecule has 1 aromatic rings. The number of rotatable bonds is 3. The van der Waals surface area contributed by atoms with E-state index in [2.05, 4.69) is 26.8 Å². The topological polar surface area (TPSA) is 0 Å². The van der Waals surface area contributed by atoms with Gasteiger partial charge in [-0.05, 0) is 47.8 Å². The van der Waals surface area contributed by atoms with E-state index in [0.717, 1.165) is 5.56 Å². The summed E-state index contributed by atoms with van der Waals surface area (Å²) < 4.78 is 13.8. The van der Waals surface area contributed by atoms with Gasteiger partial charge in [-0.3, -0.25) is 0 Å². The Morgan fingerprint density at radius 1 is 1.20 bits per heavy atom. The van der Waals surface area contributed by atoms with E-state index in [1.54, 1.807) is 6.07 Å². The van der Waals surface area contributed by atoms with Crippen molar-refractivity contribution in [2.24, 2.45) is 5.92 Å². The molecule has 0 aromatic heterocycles. The Balaban J connectivity index is 2.25. The van der Waals surface area contributed by atoms with E-state index in [-0.39, 0.29) is 5.82 Å². The van der Waals surface area contributed by atoms with Crippen LogP contribution in [0, 0.1) is 11.7 Å². The van der Waals surface area contributed by atoms with Crippen LogP contribution in [0.2, 0.25) is 0 Å². The van der Waals surface area contributed by atoms with E-state index in [1.807, 2.05) is 6.07 Å². The van der Waals surface area contributed by atoms with Crippen LogP contribution in [0.5, 0.6) is 0 Å². The predicted octanol–water partition coefficient (Wildman–Crippen LogP) is 4.46. The summed E-state index contributed by atoms with van der Waals surface area (Å²) in [6.07, 6.45) is 2.47. The molecule has 0 radical (unpaired) electrons. The van der Waals surface area contributed by atoms with Crippen LogP contribution < -0.4 is 0 Å². The first-order valence-corrected chi connectivity index (χ1v) is 5.89. The Hall–Kier alpha value is -0.850. The van der Waals surface area contributed by atoms with Gasteiger partial charge in [0.25, 0.3) is 0 Å². The number of halogens is 1. The molecule has 1 aromatic carbocycles. The molecule has 0 nitrogen and oxygen atoms in total. The third-order valence-corrected chi connectivity index (χ3v) is 3.56. The summed E-state index contributed by atoms with van der Waals surface area (Å²) >= 11 is 0. The zero-order chi connectivity index (χ0) is 11.0. The lowest BCUT2D eigenvalue weighted by Gasteiger charge is -2.17. The standard InChI is InChI=1S/C14H19F/c1-9(2)10(3)13-7-6-12(8-14(13)15)11-4-5-11/h6-11H,4-5H2,1-3H3/t10-/m1/s1. The van der Waals surface area contributed by atoms with E-state index in [1.165, 1.54) is 18.4 Å². The van der Waals surface area contributed by atoms with Crippen LogP contribution in [-0.2, 0) is 0 Å². The molecule has 0 amide bonds. The molecule has 0 spiro atoms. The summed E-state index contributed by atoms with van der Waals surface area (Å²) in [7, 11) is 0. The first kappa shape index (κ1) is 10.7. The first-order chi connectivity index (χ1) is 7.09. The Morgan fingerprint density at radius 2 is 1.87 bits per heavy atom. The maximum absolute atomic E-state index is 13.8. The van der Waals surface area contributed by atoms with Gasteiger partial charge >= 0.3 is 0 Å². The van der Waals surface area contributed by atoms with Crippen molar-refractivity contribution in [3.8, 4) is 0 Å². The fraction of sp³-hybridized carbons (Fsp3) is 0.571. The third kappa shape index (κ3) is 2.22. The smallest absolute Gasteiger partial charge is 0.126 e. The van der Waals surface area contributed by atoms with Gasteiger partial charge in [0.15, 0.2) is 0 Å². The summed E-state index contributed by atoms with van der Waals surface area (Å²) in [6.45, 7) is 6.37. The highest BCUT2D eigenvalue weighted by Crippen LogP contribution is 2.41. The molecule has 1 atom stereocenters. The summed E-state index contributed by atoms with van der Waals surface area (Å²) in [6, 6.07) is 5.83. The molecule has 2 rings (SSSR count). The van der Waals surface area contributed by atoms with Crippen LogP contribution in [-0.4, -0.2) is 0 Å². The lowest BCUT2D eigenvalue weighted by atomic mass is 9.89. The highest BCUT2D eigenvalue weighted by Gasteiger charge is 2.25. The quantitative estimate of drug-likeness (QED) is 0.684. The summed E-state index contributed by atoms with van der Waals surface area (Å²) in [5.41, 5.74) is 2.06. The van der Waals surface area contributed by atoms with E-state index in [0.29, 0.717) is 17.8 Å². The molecule has 0 bridgehead atoms. The van der Waals surface area contributed by atoms with Gasteiger partial charge < -0.3 is 0 Å². The van der Waals surface area contributed by atoms with E-state index < -0.39 is 0 Å². The number of hydrogen-bond acceptors (Lipinski definition) is 0. The second-order valence-corrected chi connectivity index (χ2v) is 5.09. The molecule has 0 unspecified atom stereocenters. The summed E-state index contributed by atoms with van der Waals surface area (Å²) in [4.78, 5) is 0. The largest absolute Gasteiger partial charge is 0.207 e. The van der Waals surface area contributed by atoms with Gasteiger partial charge in [-0.15, -0.1) is 0 Å². The van der Waals surface area contributed by atoms with Gasteiger partial charge in [-0.1, -0.05) is 32.9 Å². The fourth-order valence-electron chi connectivity index (χ4n) is 1.94. The molecule has 1 saturated carbocycles. The molecule has 0 heterocycles. The Kier molecular flexibility index (Phi) is 2.81. The van der Waals surface area contributed by atoms with Crippen LogP contribution in [0.1, 0.15) is 56.6 Å². The van der Waals surface area contributed by atoms with Crippen LogP contribution in [0.3, 0.4) is 0 Å². The van der Waals surface area contributed by atoms with Crippen molar-refractivity contribution in [3.05, 3.63) is 35.1 Å². The zero-order valence-corrected chi connectivity index (χ0v) is 9.76. The third-order valence-electron chi connectivity index (χ3n) is 3.56. The van der Waals surface area contributed by atoms with Crippen molar-refractivity contribution in [3.63, 3.8) is 0 Å². The Morgan fingerprint density at radius 3 is 2.33 bits per heavy atom. The average molecular weight is 206 g/mol. The van der Waals surface area contributed by atoms with E-state index >= 15 is 0 Å². The average Bonchev–Trinajstić information content (AvgIpc) is 2.99. The highest BCUT2D eigenvalue weighted by molar-refractivity contribution is 5.31. The van der Waals surface area contributed by atoms with Gasteiger partial charge in [-0.2, -0.15) is 0 Å². The SMILES string of the molecule is CC(C)[C@@H](C)c1ccc(C2CC2)cc1F. The molecule has 1 fully saturated rings. The van der Waals surface area contributed by atoms with Crippen molar-refractivity contribution in [1.29, 1.82) is 0 Å². The molecule has 0 saturated heterocycles. The van der Waals surface area contributed by atoms with Gasteiger partial charge in [0, 0.05) is 0 Å². The lowest BCUT2D eigenvalue weighted by molar-refractivity contribution is 0.501. The molecule has 82 valence electrons. The lowest BCUT2D eigenvalue weighted by Crippen LogP contribution is -2.04. The molecule has 1 heteroatoms. The number of benzene rings is 1. The van der Waals surface area contributed by atoms with Crippen molar-refractivity contribution in [2.75, 3.05) is 0 Å². The minimum absolute atomic E-state index is 0.0133. The molecule has 1 aliphatic rings. The van der Waals surface area contributed by atoms with E-state index in [4.69, 9.17) is 0 Å². The van der Waals surface area contributed by atoms with Crippen molar-refractivity contribution >= 4 is 0 Å². The van der Waals surface area contributed by atoms with E-state index in [9.17, 15) is 4.39 Å². The molecule has 15 heavy (non-hydrogen) atoms. The van der Waals surface area contributed by atoms with Crippen molar-refractivity contribution in [1.82, 2.24) is 0 Å². The minimum atomic E-state index is -0.0133. The van der Waals surface area contributed by atoms with Crippen LogP contribution in [0.4, 0.5) is 4.39 Å². The predicted molar refractivity (Wildman–Crippen MR) is 61.6 cm³/mol. The summed E-state index contributed by atoms with van der Waals surface area (Å²) in [5, 5.41) is 0. The monoisotopic (exact) mass is 206 g/mol. The maximum Gasteiger partial charge on any atom is 0.126 e. The van der Waals surface area contributed by atoms with Crippen LogP contribution in [0.25, 0.3) is 0 Å². The zero-order valence-electron chi connectivity index (χ0n) is 9.76. The van der Waals surface area contributed by atoms with Gasteiger partial charge in [-0.25, -0.2) is 4.39 Å². The number of hydrogen-bond donors (Lipinski definition) is 0. The van der Waals surface area contributed by atoms with Crippen LogP contribution >= 0.6 is 0 Å². The Bertz CT molecular complexity index is 350. The normalized spacial score (nSPS) is 18.2. The molecule has 1 aliphatic carbocycles. The minimum Gasteiger partial charge on any atom is -0.207 e. The molecular weight excluding hydrogens is 187 g/mol. The second kappa shape index (κ2) is 3.96. The van der Waals surface area contributed by atoms with Gasteiger partial charge in [0.1, 0.15) is 5.82 Å². The van der Waals surface area contributed by atoms with Gasteiger partial charge in [0.2, 0.25) is 0 Å². The molecule has 0 N–H and O–H groups in total. The first-order valence-electron chi connectivity index (χ1n) is 5.89. The van der Waals surface area contributed by atoms with Crippen molar-refractivity contribution in [2.45, 2.75) is 45.4 Å². The molecule has 0 aliphatic heterocycles. The fourth-order valence-corrected chi connectivity index (χ4v) is 1.94. The summed E-state index contributed by atoms with van der Waals surface area (Å²) in [5.74, 6) is 1.42. The van der Waals surface area contributed by atoms with Crippen molar-refractivity contribution < 1.29 is 4.39 Å². The second-order valence-electron chi connectivity index (χ2n) is 5.09. The molecular formula is C14H19F. The Labute approximate surface area is 91.5 Å². The van der Waals surface area contributed by atoms with Crippen LogP contribution in [0.15, 0.2) is 18.2 Å².